The number of aliphatic imine (C=N–C) groups is 1. The van der Waals surface area contributed by atoms with E-state index in [1.54, 1.807) is 38.5 Å². The van der Waals surface area contributed by atoms with Crippen LogP contribution in [0.5, 0.6) is 11.5 Å². The summed E-state index contributed by atoms with van der Waals surface area (Å²) in [6.07, 6.45) is 0.325. The van der Waals surface area contributed by atoms with Crippen molar-refractivity contribution in [1.29, 1.82) is 0 Å². The fraction of sp³-hybridized carbons (Fsp3) is 0.348. The zero-order chi connectivity index (χ0) is 24.4. The number of ketones is 1. The zero-order valence-corrected chi connectivity index (χ0v) is 19.3. The summed E-state index contributed by atoms with van der Waals surface area (Å²) in [6.45, 7) is 9.48. The first-order chi connectivity index (χ1) is 15.5. The Kier molecular flexibility index (Phi) is 15.4. The number of Topliss-reactive ketones (excluding diaryl/α,β-unsaturated/α-hetero) is 1. The summed E-state index contributed by atoms with van der Waals surface area (Å²) in [5.74, 6) is 1.12. The van der Waals surface area contributed by atoms with Crippen LogP contribution in [0.1, 0.15) is 23.7 Å². The van der Waals surface area contributed by atoms with Crippen LogP contribution in [-0.2, 0) is 4.74 Å². The van der Waals surface area contributed by atoms with E-state index in [4.69, 9.17) is 19.9 Å². The molecular formula is C23H35N5O4. The average molecular weight is 446 g/mol. The first-order valence-corrected chi connectivity index (χ1v) is 9.90. The van der Waals surface area contributed by atoms with Crippen LogP contribution in [0.2, 0.25) is 0 Å². The number of rotatable bonds is 11. The third-order valence-electron chi connectivity index (χ3n) is 3.94. The SMILES string of the molecule is C=NNC(C)CC(=O)c1ccc(OCCOC)c(OC)c1.C=Nc1ccccc1N.CN. The minimum Gasteiger partial charge on any atom is -0.493 e. The highest BCUT2D eigenvalue weighted by Gasteiger charge is 2.14. The lowest BCUT2D eigenvalue weighted by molar-refractivity contribution is 0.0971. The van der Waals surface area contributed by atoms with Crippen molar-refractivity contribution < 1.29 is 19.0 Å². The van der Waals surface area contributed by atoms with Crippen molar-refractivity contribution >= 4 is 30.6 Å². The van der Waals surface area contributed by atoms with Gasteiger partial charge in [-0.3, -0.25) is 9.79 Å². The van der Waals surface area contributed by atoms with Gasteiger partial charge in [0.15, 0.2) is 17.3 Å². The molecule has 176 valence electrons. The van der Waals surface area contributed by atoms with Gasteiger partial charge in [-0.2, -0.15) is 5.10 Å². The molecule has 0 aromatic heterocycles. The molecule has 0 spiro atoms. The predicted octanol–water partition coefficient (Wildman–Crippen LogP) is 3.06. The van der Waals surface area contributed by atoms with E-state index < -0.39 is 0 Å². The van der Waals surface area contributed by atoms with Gasteiger partial charge in [0.25, 0.3) is 0 Å². The van der Waals surface area contributed by atoms with Gasteiger partial charge in [-0.1, -0.05) is 12.1 Å². The Bertz CT molecular complexity index is 830. The van der Waals surface area contributed by atoms with Crippen molar-refractivity contribution in [1.82, 2.24) is 5.43 Å². The number of benzene rings is 2. The van der Waals surface area contributed by atoms with Gasteiger partial charge in [0.05, 0.1) is 25.1 Å². The number of nitrogens with one attached hydrogen (secondary N) is 1. The highest BCUT2D eigenvalue weighted by atomic mass is 16.5. The Hall–Kier alpha value is -3.43. The molecule has 1 unspecified atom stereocenters. The maximum Gasteiger partial charge on any atom is 0.165 e. The number of hydrogen-bond acceptors (Lipinski definition) is 9. The normalized spacial score (nSPS) is 10.3. The van der Waals surface area contributed by atoms with Crippen LogP contribution in [0, 0.1) is 0 Å². The number of hydrazone groups is 1. The number of nitrogens with two attached hydrogens (primary N) is 2. The molecule has 5 N–H and O–H groups in total. The molecule has 0 heterocycles. The smallest absolute Gasteiger partial charge is 0.165 e. The van der Waals surface area contributed by atoms with Crippen molar-refractivity contribution in [3.8, 4) is 11.5 Å². The Morgan fingerprint density at radius 1 is 1.09 bits per heavy atom. The number of nitrogens with zero attached hydrogens (tertiary/aromatic N) is 2. The molecule has 0 fully saturated rings. The molecule has 2 aromatic carbocycles. The van der Waals surface area contributed by atoms with Crippen molar-refractivity contribution in [2.45, 2.75) is 19.4 Å². The number of anilines is 1. The summed E-state index contributed by atoms with van der Waals surface area (Å²) < 4.78 is 15.7. The molecule has 2 rings (SSSR count). The number of para-hydroxylation sites is 2. The first-order valence-electron chi connectivity index (χ1n) is 9.90. The third-order valence-corrected chi connectivity index (χ3v) is 3.94. The molecule has 1 atom stereocenters. The summed E-state index contributed by atoms with van der Waals surface area (Å²) in [4.78, 5) is 15.8. The summed E-state index contributed by atoms with van der Waals surface area (Å²) >= 11 is 0. The number of ether oxygens (including phenoxy) is 3. The Labute approximate surface area is 190 Å². The van der Waals surface area contributed by atoms with Gasteiger partial charge >= 0.3 is 0 Å². The molecule has 0 amide bonds. The number of nitrogen functional groups attached to an aromatic ring is 1. The lowest BCUT2D eigenvalue weighted by Gasteiger charge is -2.13. The van der Waals surface area contributed by atoms with Crippen LogP contribution < -0.4 is 26.4 Å². The van der Waals surface area contributed by atoms with Crippen LogP contribution in [-0.4, -0.2) is 59.7 Å². The third kappa shape index (κ3) is 10.6. The van der Waals surface area contributed by atoms with Gasteiger partial charge in [-0.15, -0.1) is 0 Å². The van der Waals surface area contributed by atoms with Crippen LogP contribution in [0.3, 0.4) is 0 Å². The Morgan fingerprint density at radius 3 is 2.31 bits per heavy atom. The van der Waals surface area contributed by atoms with Crippen molar-refractivity contribution in [3.05, 3.63) is 48.0 Å². The second-order valence-electron chi connectivity index (χ2n) is 6.24. The van der Waals surface area contributed by atoms with Gasteiger partial charge in [0, 0.05) is 31.9 Å². The van der Waals surface area contributed by atoms with Gasteiger partial charge < -0.3 is 31.1 Å². The standard InChI is InChI=1S/C15H22N2O4.C7H8N2.CH5N/c1-11(17-16-2)9-13(18)12-5-6-14(15(10-12)20-4)21-8-7-19-3;1-9-7-5-3-2-4-6(7)8;1-2/h5-6,10-11,17H,2,7-9H2,1,3-4H3;2-5H,1,8H2;2H2,1H3. The van der Waals surface area contributed by atoms with E-state index in [2.05, 4.69) is 34.7 Å². The highest BCUT2D eigenvalue weighted by Crippen LogP contribution is 2.28. The Morgan fingerprint density at radius 2 is 1.78 bits per heavy atom. The lowest BCUT2D eigenvalue weighted by Crippen LogP contribution is -2.23. The van der Waals surface area contributed by atoms with Crippen molar-refractivity contribution in [3.63, 3.8) is 0 Å². The quantitative estimate of drug-likeness (QED) is 0.159. The lowest BCUT2D eigenvalue weighted by atomic mass is 10.0. The van der Waals surface area contributed by atoms with E-state index in [0.29, 0.717) is 42.4 Å². The maximum atomic E-state index is 12.2. The molecule has 0 aliphatic rings. The minimum atomic E-state index is -0.0707. The van der Waals surface area contributed by atoms with Crippen LogP contribution in [0.25, 0.3) is 0 Å². The van der Waals surface area contributed by atoms with Gasteiger partial charge in [-0.25, -0.2) is 0 Å². The van der Waals surface area contributed by atoms with E-state index in [0.717, 1.165) is 5.69 Å². The molecule has 0 saturated heterocycles. The molecule has 32 heavy (non-hydrogen) atoms. The van der Waals surface area contributed by atoms with E-state index in [1.165, 1.54) is 7.05 Å². The number of carbonyl (C=O) groups is 1. The molecule has 9 heteroatoms. The van der Waals surface area contributed by atoms with Crippen LogP contribution >= 0.6 is 0 Å². The minimum absolute atomic E-state index is 0.000363. The number of methoxy groups -OCH3 is 2. The fourth-order valence-electron chi connectivity index (χ4n) is 2.42. The van der Waals surface area contributed by atoms with E-state index in [1.807, 2.05) is 25.1 Å². The molecule has 0 bridgehead atoms. The summed E-state index contributed by atoms with van der Waals surface area (Å²) in [5, 5.41) is 3.56. The predicted molar refractivity (Wildman–Crippen MR) is 132 cm³/mol. The van der Waals surface area contributed by atoms with E-state index in [-0.39, 0.29) is 11.8 Å². The van der Waals surface area contributed by atoms with E-state index >= 15 is 0 Å². The van der Waals surface area contributed by atoms with Gasteiger partial charge in [0.2, 0.25) is 0 Å². The molecule has 9 nitrogen and oxygen atoms in total. The first kappa shape index (κ1) is 28.6. The molecular weight excluding hydrogens is 410 g/mol. The number of hydrogen-bond donors (Lipinski definition) is 3. The largest absolute Gasteiger partial charge is 0.493 e. The second-order valence-corrected chi connectivity index (χ2v) is 6.24. The van der Waals surface area contributed by atoms with Crippen LogP contribution in [0.15, 0.2) is 52.6 Å². The van der Waals surface area contributed by atoms with E-state index in [9.17, 15) is 4.79 Å². The summed E-state index contributed by atoms with van der Waals surface area (Å²) in [5.41, 5.74) is 14.7. The van der Waals surface area contributed by atoms with Gasteiger partial charge in [0.1, 0.15) is 6.61 Å². The average Bonchev–Trinajstić information content (AvgIpc) is 2.81. The van der Waals surface area contributed by atoms with Crippen molar-refractivity contribution in [2.75, 3.05) is 40.2 Å². The zero-order valence-electron chi connectivity index (χ0n) is 19.3. The van der Waals surface area contributed by atoms with Gasteiger partial charge in [-0.05, 0) is 51.0 Å². The fourth-order valence-corrected chi connectivity index (χ4v) is 2.42. The molecule has 2 aromatic rings. The maximum absolute atomic E-state index is 12.2. The molecule has 0 saturated carbocycles. The monoisotopic (exact) mass is 445 g/mol. The molecule has 0 aliphatic carbocycles. The second kappa shape index (κ2) is 17.3. The molecule has 0 radical (unpaired) electrons. The van der Waals surface area contributed by atoms with Crippen LogP contribution in [0.4, 0.5) is 11.4 Å². The molecule has 0 aliphatic heterocycles. The summed E-state index contributed by atoms with van der Waals surface area (Å²) in [7, 11) is 4.65. The van der Waals surface area contributed by atoms with Crippen molar-refractivity contribution in [2.24, 2.45) is 15.8 Å². The highest BCUT2D eigenvalue weighted by molar-refractivity contribution is 5.97. The summed E-state index contributed by atoms with van der Waals surface area (Å²) in [6, 6.07) is 12.4. The topological polar surface area (TPSA) is 134 Å². The Balaban J connectivity index is 0.000000723. The number of carbonyl (C=O) groups excluding carboxylic acids is 1.